The van der Waals surface area contributed by atoms with Crippen LogP contribution in [0, 0.1) is 0 Å². The molecule has 0 saturated carbocycles. The Balaban J connectivity index is 2.88. The van der Waals surface area contributed by atoms with E-state index in [1.165, 1.54) is 4.88 Å². The summed E-state index contributed by atoms with van der Waals surface area (Å²) in [6.45, 7) is 2.05. The number of rotatable bonds is 3. The van der Waals surface area contributed by atoms with Gasteiger partial charge < -0.3 is 0 Å². The average Bonchev–Trinajstić information content (AvgIpc) is 2.52. The lowest BCUT2D eigenvalue weighted by Crippen LogP contribution is -1.76. The number of hydrogen-bond acceptors (Lipinski definition) is 2. The van der Waals surface area contributed by atoms with E-state index < -0.39 is 0 Å². The average molecular weight is 166 g/mol. The van der Waals surface area contributed by atoms with Crippen molar-refractivity contribution >= 4 is 23.2 Å². The summed E-state index contributed by atoms with van der Waals surface area (Å²) in [6, 6.07) is 4.03. The summed E-state index contributed by atoms with van der Waals surface area (Å²) in [5, 5.41) is 2.02. The van der Waals surface area contributed by atoms with E-state index in [0.29, 0.717) is 0 Å². The van der Waals surface area contributed by atoms with E-state index >= 15 is 0 Å². The lowest BCUT2D eigenvalue weighted by atomic mass is 10.1. The first kappa shape index (κ1) is 8.21. The highest BCUT2D eigenvalue weighted by Gasteiger charge is 1.97. The zero-order valence-electron chi connectivity index (χ0n) is 6.41. The highest BCUT2D eigenvalue weighted by Crippen LogP contribution is 2.21. The minimum Gasteiger partial charge on any atom is -0.299 e. The van der Waals surface area contributed by atoms with Gasteiger partial charge in [0.05, 0.1) is 0 Å². The Bertz CT molecular complexity index is 247. The van der Waals surface area contributed by atoms with Crippen molar-refractivity contribution in [1.82, 2.24) is 0 Å². The van der Waals surface area contributed by atoms with Crippen LogP contribution in [0.2, 0.25) is 0 Å². The molecule has 0 fully saturated rings. The lowest BCUT2D eigenvalue weighted by molar-refractivity contribution is -0.104. The Kier molecular flexibility index (Phi) is 3.05. The largest absolute Gasteiger partial charge is 0.299 e. The van der Waals surface area contributed by atoms with Gasteiger partial charge in [0.15, 0.2) is 0 Å². The van der Waals surface area contributed by atoms with Crippen LogP contribution in [0.1, 0.15) is 18.2 Å². The molecular formula is C9H10OS. The molecule has 0 aliphatic carbocycles. The molecule has 0 unspecified atom stereocenters. The van der Waals surface area contributed by atoms with Crippen molar-refractivity contribution in [1.29, 1.82) is 0 Å². The highest BCUT2D eigenvalue weighted by atomic mass is 32.1. The SMILES string of the molecule is CC/C(=C\C=O)c1cccs1. The van der Waals surface area contributed by atoms with Gasteiger partial charge in [0, 0.05) is 4.88 Å². The number of hydrogen-bond donors (Lipinski definition) is 0. The number of carbonyl (C=O) groups is 1. The maximum atomic E-state index is 10.2. The third kappa shape index (κ3) is 2.02. The summed E-state index contributed by atoms with van der Waals surface area (Å²) >= 11 is 1.67. The highest BCUT2D eigenvalue weighted by molar-refractivity contribution is 7.11. The molecule has 0 radical (unpaired) electrons. The molecule has 0 N–H and O–H groups in total. The third-order valence-corrected chi connectivity index (χ3v) is 2.43. The number of aldehydes is 1. The lowest BCUT2D eigenvalue weighted by Gasteiger charge is -1.96. The maximum absolute atomic E-state index is 10.2. The summed E-state index contributed by atoms with van der Waals surface area (Å²) in [7, 11) is 0. The van der Waals surface area contributed by atoms with Crippen LogP contribution in [0.3, 0.4) is 0 Å². The van der Waals surface area contributed by atoms with Crippen molar-refractivity contribution in [3.63, 3.8) is 0 Å². The molecule has 1 aromatic rings. The van der Waals surface area contributed by atoms with Gasteiger partial charge in [-0.1, -0.05) is 13.0 Å². The van der Waals surface area contributed by atoms with Gasteiger partial charge in [0.2, 0.25) is 0 Å². The fraction of sp³-hybridized carbons (Fsp3) is 0.222. The molecule has 1 nitrogen and oxygen atoms in total. The van der Waals surface area contributed by atoms with E-state index in [2.05, 4.69) is 6.92 Å². The van der Waals surface area contributed by atoms with E-state index in [4.69, 9.17) is 0 Å². The first-order chi connectivity index (χ1) is 5.38. The van der Waals surface area contributed by atoms with Crippen LogP contribution in [0.4, 0.5) is 0 Å². The second-order valence-electron chi connectivity index (χ2n) is 2.16. The zero-order valence-corrected chi connectivity index (χ0v) is 7.23. The molecule has 0 bridgehead atoms. The van der Waals surface area contributed by atoms with E-state index in [-0.39, 0.29) is 0 Å². The molecule has 0 aromatic carbocycles. The quantitative estimate of drug-likeness (QED) is 0.498. The Labute approximate surface area is 70.4 Å². The molecule has 0 amide bonds. The molecule has 1 rings (SSSR count). The topological polar surface area (TPSA) is 17.1 Å². The second kappa shape index (κ2) is 4.09. The van der Waals surface area contributed by atoms with Crippen molar-refractivity contribution in [3.05, 3.63) is 28.5 Å². The van der Waals surface area contributed by atoms with Gasteiger partial charge >= 0.3 is 0 Å². The van der Waals surface area contributed by atoms with E-state index in [9.17, 15) is 4.79 Å². The second-order valence-corrected chi connectivity index (χ2v) is 3.11. The van der Waals surface area contributed by atoms with Gasteiger partial charge in [0.1, 0.15) is 6.29 Å². The van der Waals surface area contributed by atoms with E-state index in [1.807, 2.05) is 17.5 Å². The van der Waals surface area contributed by atoms with Crippen molar-refractivity contribution in [2.45, 2.75) is 13.3 Å². The van der Waals surface area contributed by atoms with Crippen molar-refractivity contribution in [3.8, 4) is 0 Å². The van der Waals surface area contributed by atoms with Crippen LogP contribution >= 0.6 is 11.3 Å². The fourth-order valence-corrected chi connectivity index (χ4v) is 1.74. The first-order valence-electron chi connectivity index (χ1n) is 3.56. The van der Waals surface area contributed by atoms with Gasteiger partial charge in [-0.2, -0.15) is 0 Å². The van der Waals surface area contributed by atoms with Crippen molar-refractivity contribution in [2.75, 3.05) is 0 Å². The smallest absolute Gasteiger partial charge is 0.143 e. The Morgan fingerprint density at radius 1 is 1.73 bits per heavy atom. The van der Waals surface area contributed by atoms with Crippen LogP contribution in [0.25, 0.3) is 5.57 Å². The molecule has 0 aliphatic rings. The Hall–Kier alpha value is -0.890. The summed E-state index contributed by atoms with van der Waals surface area (Å²) in [4.78, 5) is 11.4. The number of carbonyl (C=O) groups excluding carboxylic acids is 1. The van der Waals surface area contributed by atoms with Gasteiger partial charge in [-0.15, -0.1) is 11.3 Å². The molecule has 0 atom stereocenters. The third-order valence-electron chi connectivity index (χ3n) is 1.49. The maximum Gasteiger partial charge on any atom is 0.143 e. The predicted molar refractivity (Wildman–Crippen MR) is 48.7 cm³/mol. The summed E-state index contributed by atoms with van der Waals surface area (Å²) in [6.07, 6.45) is 3.39. The van der Waals surface area contributed by atoms with Gasteiger partial charge in [-0.25, -0.2) is 0 Å². The summed E-state index contributed by atoms with van der Waals surface area (Å²) in [5.74, 6) is 0. The van der Waals surface area contributed by atoms with Crippen LogP contribution in [0.15, 0.2) is 23.6 Å². The van der Waals surface area contributed by atoms with Crippen LogP contribution in [0.5, 0.6) is 0 Å². The van der Waals surface area contributed by atoms with Crippen LogP contribution < -0.4 is 0 Å². The van der Waals surface area contributed by atoms with Gasteiger partial charge in [-0.05, 0) is 29.5 Å². The summed E-state index contributed by atoms with van der Waals surface area (Å²) < 4.78 is 0. The molecule has 2 heteroatoms. The number of thiophene rings is 1. The molecule has 11 heavy (non-hydrogen) atoms. The van der Waals surface area contributed by atoms with E-state index in [0.717, 1.165) is 18.3 Å². The molecule has 0 spiro atoms. The molecule has 1 heterocycles. The van der Waals surface area contributed by atoms with E-state index in [1.54, 1.807) is 17.4 Å². The van der Waals surface area contributed by atoms with Crippen LogP contribution in [-0.4, -0.2) is 6.29 Å². The minimum atomic E-state index is 0.846. The van der Waals surface area contributed by atoms with Crippen molar-refractivity contribution in [2.24, 2.45) is 0 Å². The Morgan fingerprint density at radius 2 is 2.55 bits per heavy atom. The van der Waals surface area contributed by atoms with Crippen molar-refractivity contribution < 1.29 is 4.79 Å². The zero-order chi connectivity index (χ0) is 8.10. The molecular weight excluding hydrogens is 156 g/mol. The normalized spacial score (nSPS) is 11.5. The molecule has 1 aromatic heterocycles. The van der Waals surface area contributed by atoms with Gasteiger partial charge in [0.25, 0.3) is 0 Å². The molecule has 58 valence electrons. The Morgan fingerprint density at radius 3 is 3.00 bits per heavy atom. The molecule has 0 saturated heterocycles. The predicted octanol–water partition coefficient (Wildman–Crippen LogP) is 2.74. The molecule has 0 aliphatic heterocycles. The monoisotopic (exact) mass is 166 g/mol. The number of allylic oxidation sites excluding steroid dienone is 2. The van der Waals surface area contributed by atoms with Crippen LogP contribution in [-0.2, 0) is 4.79 Å². The standard InChI is InChI=1S/C9H10OS/c1-2-8(5-6-10)9-4-3-7-11-9/h3-7H,2H2,1H3/b8-5+. The van der Waals surface area contributed by atoms with Gasteiger partial charge in [-0.3, -0.25) is 4.79 Å². The first-order valence-corrected chi connectivity index (χ1v) is 4.44. The fourth-order valence-electron chi connectivity index (χ4n) is 0.918. The summed E-state index contributed by atoms with van der Waals surface area (Å²) in [5.41, 5.74) is 1.12. The minimum absolute atomic E-state index is 0.846.